The van der Waals surface area contributed by atoms with Crippen LogP contribution in [0.1, 0.15) is 31.9 Å². The van der Waals surface area contributed by atoms with Crippen molar-refractivity contribution in [1.29, 1.82) is 0 Å². The highest BCUT2D eigenvalue weighted by molar-refractivity contribution is 7.99. The summed E-state index contributed by atoms with van der Waals surface area (Å²) in [4.78, 5) is 6.13. The number of rotatable bonds is 5. The van der Waals surface area contributed by atoms with Crippen molar-refractivity contribution in [1.82, 2.24) is 10.3 Å². The number of aromatic nitrogens is 1. The van der Waals surface area contributed by atoms with E-state index >= 15 is 0 Å². The molecule has 0 saturated heterocycles. The van der Waals surface area contributed by atoms with Crippen LogP contribution >= 0.6 is 24.0 Å². The average Bonchev–Trinajstić information content (AvgIpc) is 2.52. The molecule has 1 aromatic heterocycles. The molecule has 0 atom stereocenters. The minimum absolute atomic E-state index is 0.209. The maximum Gasteiger partial charge on any atom is 0.108 e. The summed E-state index contributed by atoms with van der Waals surface area (Å²) in [5.41, 5.74) is 2.55. The van der Waals surface area contributed by atoms with E-state index in [0.29, 0.717) is 0 Å². The summed E-state index contributed by atoms with van der Waals surface area (Å²) in [7, 11) is 0. The summed E-state index contributed by atoms with van der Waals surface area (Å²) in [6.45, 7) is 7.55. The second kappa shape index (κ2) is 7.75. The van der Waals surface area contributed by atoms with Crippen molar-refractivity contribution >= 4 is 29.0 Å². The van der Waals surface area contributed by atoms with Gasteiger partial charge < -0.3 is 5.32 Å². The van der Waals surface area contributed by atoms with Gasteiger partial charge in [0, 0.05) is 35.2 Å². The quantitative estimate of drug-likeness (QED) is 0.498. The normalized spacial score (nSPS) is 11.2. The fraction of sp³-hybridized carbons (Fsp3) is 0.333. The van der Waals surface area contributed by atoms with Crippen molar-refractivity contribution in [2.45, 2.75) is 31.1 Å². The molecular weight excluding hydrogens is 308 g/mol. The molecule has 1 N–H and O–H groups in total. The van der Waals surface area contributed by atoms with Crippen LogP contribution in [0.25, 0.3) is 0 Å². The molecule has 0 radical (unpaired) electrons. The second-order valence-corrected chi connectivity index (χ2v) is 7.70. The van der Waals surface area contributed by atoms with Gasteiger partial charge in [0.2, 0.25) is 0 Å². The minimum Gasteiger partial charge on any atom is -0.375 e. The lowest BCUT2D eigenvalue weighted by Crippen LogP contribution is -2.24. The summed E-state index contributed by atoms with van der Waals surface area (Å²) in [6.07, 6.45) is 3.54. The molecule has 0 bridgehead atoms. The monoisotopic (exact) mass is 330 g/mol. The summed E-state index contributed by atoms with van der Waals surface area (Å²) < 4.78 is 0. The Balaban J connectivity index is 1.76. The van der Waals surface area contributed by atoms with Crippen molar-refractivity contribution < 1.29 is 0 Å². The largest absolute Gasteiger partial charge is 0.375 e. The van der Waals surface area contributed by atoms with Gasteiger partial charge in [-0.25, -0.2) is 0 Å². The van der Waals surface area contributed by atoms with Gasteiger partial charge in [0.15, 0.2) is 0 Å². The minimum atomic E-state index is 0.209. The van der Waals surface area contributed by atoms with Gasteiger partial charge in [-0.1, -0.05) is 45.1 Å². The Hall–Kier alpha value is -1.39. The van der Waals surface area contributed by atoms with Crippen LogP contribution < -0.4 is 5.32 Å². The first kappa shape index (κ1) is 17.0. The third-order valence-corrected chi connectivity index (χ3v) is 4.69. The van der Waals surface area contributed by atoms with E-state index in [2.05, 4.69) is 55.3 Å². The molecule has 0 saturated carbocycles. The molecular formula is C18H22N2S2. The third-order valence-electron chi connectivity index (χ3n) is 3.30. The molecule has 1 heterocycles. The van der Waals surface area contributed by atoms with Gasteiger partial charge in [-0.15, -0.1) is 11.8 Å². The smallest absolute Gasteiger partial charge is 0.108 e. The predicted octanol–water partition coefficient (Wildman–Crippen LogP) is 4.44. The molecule has 0 aliphatic rings. The van der Waals surface area contributed by atoms with E-state index in [1.54, 1.807) is 12.4 Å². The Bertz CT molecular complexity index is 601. The average molecular weight is 331 g/mol. The van der Waals surface area contributed by atoms with Gasteiger partial charge >= 0.3 is 0 Å². The molecule has 116 valence electrons. The Labute approximate surface area is 142 Å². The molecule has 0 unspecified atom stereocenters. The van der Waals surface area contributed by atoms with E-state index in [0.717, 1.165) is 22.8 Å². The zero-order valence-electron chi connectivity index (χ0n) is 13.3. The summed E-state index contributed by atoms with van der Waals surface area (Å²) in [6, 6.07) is 12.7. The van der Waals surface area contributed by atoms with Crippen LogP contribution in [-0.4, -0.2) is 22.3 Å². The van der Waals surface area contributed by atoms with Crippen molar-refractivity contribution in [2.75, 3.05) is 12.3 Å². The van der Waals surface area contributed by atoms with Crippen molar-refractivity contribution in [3.8, 4) is 0 Å². The number of nitrogens with zero attached hydrogens (tertiary/aromatic N) is 1. The Kier molecular flexibility index (Phi) is 5.98. The molecule has 0 fully saturated rings. The predicted molar refractivity (Wildman–Crippen MR) is 99.8 cm³/mol. The summed E-state index contributed by atoms with van der Waals surface area (Å²) in [5.74, 6) is 0.981. The van der Waals surface area contributed by atoms with Gasteiger partial charge in [0.25, 0.3) is 0 Å². The SMILES string of the molecule is CC(C)(C)c1ccc(SCCNC(=S)c2cccnc2)cc1. The summed E-state index contributed by atoms with van der Waals surface area (Å²) in [5, 5.41) is 3.28. The fourth-order valence-corrected chi connectivity index (χ4v) is 2.97. The first-order valence-electron chi connectivity index (χ1n) is 7.38. The second-order valence-electron chi connectivity index (χ2n) is 6.12. The van der Waals surface area contributed by atoms with Crippen molar-refractivity contribution in [3.63, 3.8) is 0 Å². The van der Waals surface area contributed by atoms with E-state index in [1.165, 1.54) is 10.5 Å². The third kappa shape index (κ3) is 5.11. The molecule has 0 aliphatic heterocycles. The van der Waals surface area contributed by atoms with Crippen molar-refractivity contribution in [2.24, 2.45) is 0 Å². The summed E-state index contributed by atoms with van der Waals surface area (Å²) >= 11 is 7.19. The first-order valence-corrected chi connectivity index (χ1v) is 8.78. The van der Waals surface area contributed by atoms with E-state index < -0.39 is 0 Å². The number of nitrogens with one attached hydrogen (secondary N) is 1. The zero-order valence-corrected chi connectivity index (χ0v) is 14.9. The lowest BCUT2D eigenvalue weighted by Gasteiger charge is -2.19. The molecule has 2 rings (SSSR count). The topological polar surface area (TPSA) is 24.9 Å². The maximum absolute atomic E-state index is 5.35. The van der Waals surface area contributed by atoms with Crippen LogP contribution in [0.15, 0.2) is 53.7 Å². The maximum atomic E-state index is 5.35. The van der Waals surface area contributed by atoms with Gasteiger partial charge in [0.1, 0.15) is 4.99 Å². The number of thioether (sulfide) groups is 1. The van der Waals surface area contributed by atoms with Crippen LogP contribution in [0.5, 0.6) is 0 Å². The molecule has 2 aromatic rings. The number of hydrogen-bond donors (Lipinski definition) is 1. The van der Waals surface area contributed by atoms with Crippen LogP contribution in [0.3, 0.4) is 0 Å². The van der Waals surface area contributed by atoms with Crippen molar-refractivity contribution in [3.05, 3.63) is 59.9 Å². The molecule has 2 nitrogen and oxygen atoms in total. The Morgan fingerprint density at radius 2 is 1.91 bits per heavy atom. The van der Waals surface area contributed by atoms with Gasteiger partial charge in [-0.05, 0) is 35.2 Å². The van der Waals surface area contributed by atoms with Gasteiger partial charge in [-0.3, -0.25) is 4.98 Å². The van der Waals surface area contributed by atoms with E-state index in [4.69, 9.17) is 12.2 Å². The van der Waals surface area contributed by atoms with Crippen LogP contribution in [-0.2, 0) is 5.41 Å². The molecule has 0 aliphatic carbocycles. The fourth-order valence-electron chi connectivity index (χ4n) is 1.98. The highest BCUT2D eigenvalue weighted by Crippen LogP contribution is 2.25. The molecule has 0 amide bonds. The van der Waals surface area contributed by atoms with E-state index in [9.17, 15) is 0 Å². The molecule has 4 heteroatoms. The van der Waals surface area contributed by atoms with Gasteiger partial charge in [0.05, 0.1) is 0 Å². The lowest BCUT2D eigenvalue weighted by atomic mass is 9.87. The number of thiocarbonyl (C=S) groups is 1. The number of hydrogen-bond acceptors (Lipinski definition) is 3. The number of pyridine rings is 1. The molecule has 1 aromatic carbocycles. The Morgan fingerprint density at radius 3 is 2.50 bits per heavy atom. The zero-order chi connectivity index (χ0) is 16.0. The standard InChI is InChI=1S/C18H22N2S2/c1-18(2,3)15-6-8-16(9-7-15)22-12-11-20-17(21)14-5-4-10-19-13-14/h4-10,13H,11-12H2,1-3H3,(H,20,21). The molecule has 22 heavy (non-hydrogen) atoms. The van der Waals surface area contributed by atoms with E-state index in [1.807, 2.05) is 23.9 Å². The lowest BCUT2D eigenvalue weighted by molar-refractivity contribution is 0.590. The highest BCUT2D eigenvalue weighted by Gasteiger charge is 2.12. The van der Waals surface area contributed by atoms with Gasteiger partial charge in [-0.2, -0.15) is 0 Å². The van der Waals surface area contributed by atoms with Crippen LogP contribution in [0.2, 0.25) is 0 Å². The molecule has 0 spiro atoms. The highest BCUT2D eigenvalue weighted by atomic mass is 32.2. The Morgan fingerprint density at radius 1 is 1.18 bits per heavy atom. The first-order chi connectivity index (χ1) is 10.5. The van der Waals surface area contributed by atoms with Crippen LogP contribution in [0, 0.1) is 0 Å². The van der Waals surface area contributed by atoms with E-state index in [-0.39, 0.29) is 5.41 Å². The van der Waals surface area contributed by atoms with Crippen LogP contribution in [0.4, 0.5) is 0 Å². The number of benzene rings is 1.